The molecule has 0 saturated heterocycles. The summed E-state index contributed by atoms with van der Waals surface area (Å²) in [5.41, 5.74) is 6.22. The van der Waals surface area contributed by atoms with Crippen molar-refractivity contribution in [1.29, 1.82) is 0 Å². The Hall–Kier alpha value is -2.02. The van der Waals surface area contributed by atoms with Gasteiger partial charge in [-0.1, -0.05) is 6.07 Å². The molecular formula is C11H9F3N4. The van der Waals surface area contributed by atoms with Gasteiger partial charge in [0.2, 0.25) is 0 Å². The van der Waals surface area contributed by atoms with Gasteiger partial charge in [0.15, 0.2) is 0 Å². The Kier molecular flexibility index (Phi) is 3.24. The molecule has 0 aliphatic carbocycles. The zero-order chi connectivity index (χ0) is 13.2. The average Bonchev–Trinajstić information content (AvgIpc) is 2.38. The average molecular weight is 254 g/mol. The lowest BCUT2D eigenvalue weighted by atomic mass is 10.1. The summed E-state index contributed by atoms with van der Waals surface area (Å²) >= 11 is 0. The van der Waals surface area contributed by atoms with Crippen LogP contribution in [-0.4, -0.2) is 15.2 Å². The highest BCUT2D eigenvalue weighted by Gasteiger charge is 2.32. The van der Waals surface area contributed by atoms with Gasteiger partial charge in [-0.05, 0) is 12.1 Å². The Morgan fingerprint density at radius 3 is 2.44 bits per heavy atom. The van der Waals surface area contributed by atoms with Crippen LogP contribution in [0.4, 0.5) is 13.2 Å². The molecule has 0 aliphatic heterocycles. The van der Waals surface area contributed by atoms with E-state index in [-0.39, 0.29) is 6.54 Å². The molecule has 0 radical (unpaired) electrons. The van der Waals surface area contributed by atoms with E-state index in [2.05, 4.69) is 15.2 Å². The molecule has 2 heterocycles. The minimum atomic E-state index is -4.43. The molecule has 0 unspecified atom stereocenters. The van der Waals surface area contributed by atoms with Gasteiger partial charge < -0.3 is 5.73 Å². The number of rotatable bonds is 2. The van der Waals surface area contributed by atoms with Gasteiger partial charge in [-0.25, -0.2) is 0 Å². The molecule has 2 N–H and O–H groups in total. The maximum absolute atomic E-state index is 12.3. The van der Waals surface area contributed by atoms with E-state index in [4.69, 9.17) is 5.73 Å². The van der Waals surface area contributed by atoms with Gasteiger partial charge in [-0.15, -0.1) is 0 Å². The largest absolute Gasteiger partial charge is 0.433 e. The molecule has 94 valence electrons. The van der Waals surface area contributed by atoms with Crippen LogP contribution in [-0.2, 0) is 12.7 Å². The number of nitrogens with two attached hydrogens (primary N) is 1. The molecule has 0 bridgehead atoms. The number of alkyl halides is 3. The zero-order valence-electron chi connectivity index (χ0n) is 9.15. The van der Waals surface area contributed by atoms with E-state index >= 15 is 0 Å². The van der Waals surface area contributed by atoms with E-state index in [1.807, 2.05) is 0 Å². The third-order valence-corrected chi connectivity index (χ3v) is 2.30. The molecule has 18 heavy (non-hydrogen) atoms. The van der Waals surface area contributed by atoms with Crippen molar-refractivity contribution >= 4 is 0 Å². The fourth-order valence-electron chi connectivity index (χ4n) is 1.40. The molecule has 2 rings (SSSR count). The molecule has 0 amide bonds. The first-order valence-electron chi connectivity index (χ1n) is 5.06. The summed E-state index contributed by atoms with van der Waals surface area (Å²) < 4.78 is 37.0. The monoisotopic (exact) mass is 254 g/mol. The Bertz CT molecular complexity index is 537. The van der Waals surface area contributed by atoms with Gasteiger partial charge in [0.25, 0.3) is 0 Å². The third kappa shape index (κ3) is 2.62. The van der Waals surface area contributed by atoms with Crippen LogP contribution < -0.4 is 5.73 Å². The van der Waals surface area contributed by atoms with Crippen molar-refractivity contribution in [3.63, 3.8) is 0 Å². The highest BCUT2D eigenvalue weighted by Crippen LogP contribution is 2.28. The van der Waals surface area contributed by atoms with Gasteiger partial charge >= 0.3 is 6.18 Å². The standard InChI is InChI=1S/C11H9F3N4/c12-11(13,14)10-2-1-7(5-16-10)8-3-9(4-15)18-17-6-8/h1-3,5-6H,4,15H2. The van der Waals surface area contributed by atoms with E-state index in [0.717, 1.165) is 12.3 Å². The lowest BCUT2D eigenvalue weighted by Gasteiger charge is -2.06. The number of halogens is 3. The lowest BCUT2D eigenvalue weighted by molar-refractivity contribution is -0.141. The second kappa shape index (κ2) is 4.69. The van der Waals surface area contributed by atoms with Crippen LogP contribution in [0, 0.1) is 0 Å². The topological polar surface area (TPSA) is 64.7 Å². The maximum Gasteiger partial charge on any atom is 0.433 e. The quantitative estimate of drug-likeness (QED) is 0.890. The molecule has 2 aromatic rings. The molecule has 0 aliphatic rings. The third-order valence-electron chi connectivity index (χ3n) is 2.30. The van der Waals surface area contributed by atoms with Gasteiger partial charge in [0, 0.05) is 23.9 Å². The van der Waals surface area contributed by atoms with Crippen LogP contribution in [0.15, 0.2) is 30.6 Å². The first-order valence-corrected chi connectivity index (χ1v) is 5.06. The van der Waals surface area contributed by atoms with Crippen LogP contribution in [0.3, 0.4) is 0 Å². The van der Waals surface area contributed by atoms with E-state index in [0.29, 0.717) is 16.8 Å². The number of hydrogen-bond donors (Lipinski definition) is 1. The smallest absolute Gasteiger partial charge is 0.325 e. The Morgan fingerprint density at radius 1 is 1.11 bits per heavy atom. The van der Waals surface area contributed by atoms with Crippen LogP contribution in [0.25, 0.3) is 11.1 Å². The number of hydrogen-bond acceptors (Lipinski definition) is 4. The minimum absolute atomic E-state index is 0.217. The SMILES string of the molecule is NCc1cc(-c2ccc(C(F)(F)F)nc2)cnn1. The molecule has 0 saturated carbocycles. The van der Waals surface area contributed by atoms with Crippen molar-refractivity contribution < 1.29 is 13.2 Å². The fraction of sp³-hybridized carbons (Fsp3) is 0.182. The van der Waals surface area contributed by atoms with Gasteiger partial charge in [-0.2, -0.15) is 23.4 Å². The first kappa shape index (κ1) is 12.4. The van der Waals surface area contributed by atoms with Gasteiger partial charge in [-0.3, -0.25) is 4.98 Å². The predicted octanol–water partition coefficient (Wildman–Crippen LogP) is 2.02. The summed E-state index contributed by atoms with van der Waals surface area (Å²) in [4.78, 5) is 3.38. The summed E-state index contributed by atoms with van der Waals surface area (Å²) in [7, 11) is 0. The van der Waals surface area contributed by atoms with Crippen molar-refractivity contribution in [2.24, 2.45) is 5.73 Å². The van der Waals surface area contributed by atoms with E-state index in [9.17, 15) is 13.2 Å². The van der Waals surface area contributed by atoms with Crippen LogP contribution in [0.2, 0.25) is 0 Å². The van der Waals surface area contributed by atoms with Crippen LogP contribution in [0.5, 0.6) is 0 Å². The summed E-state index contributed by atoms with van der Waals surface area (Å²) in [5, 5.41) is 7.49. The second-order valence-corrected chi connectivity index (χ2v) is 3.57. The first-order chi connectivity index (χ1) is 8.50. The van der Waals surface area contributed by atoms with Gasteiger partial charge in [0.05, 0.1) is 11.9 Å². The van der Waals surface area contributed by atoms with Crippen molar-refractivity contribution in [1.82, 2.24) is 15.2 Å². The Labute approximate surface area is 101 Å². The van der Waals surface area contributed by atoms with Gasteiger partial charge in [0.1, 0.15) is 5.69 Å². The molecule has 4 nitrogen and oxygen atoms in total. The summed E-state index contributed by atoms with van der Waals surface area (Å²) in [6.45, 7) is 0.217. The number of pyridine rings is 1. The maximum atomic E-state index is 12.3. The summed E-state index contributed by atoms with van der Waals surface area (Å²) in [5.74, 6) is 0. The van der Waals surface area contributed by atoms with E-state index in [1.165, 1.54) is 12.3 Å². The van der Waals surface area contributed by atoms with Crippen molar-refractivity contribution in [3.8, 4) is 11.1 Å². The number of nitrogens with zero attached hydrogens (tertiary/aromatic N) is 3. The van der Waals surface area contributed by atoms with Crippen LogP contribution >= 0.6 is 0 Å². The molecule has 0 aromatic carbocycles. The normalized spacial score (nSPS) is 11.6. The molecule has 0 fully saturated rings. The predicted molar refractivity (Wildman–Crippen MR) is 58.2 cm³/mol. The molecule has 7 heteroatoms. The molecular weight excluding hydrogens is 245 g/mol. The Morgan fingerprint density at radius 2 is 1.89 bits per heavy atom. The lowest BCUT2D eigenvalue weighted by Crippen LogP contribution is -2.07. The fourth-order valence-corrected chi connectivity index (χ4v) is 1.40. The van der Waals surface area contributed by atoms with E-state index < -0.39 is 11.9 Å². The Balaban J connectivity index is 2.34. The zero-order valence-corrected chi connectivity index (χ0v) is 9.15. The van der Waals surface area contributed by atoms with Crippen LogP contribution in [0.1, 0.15) is 11.4 Å². The van der Waals surface area contributed by atoms with Crippen molar-refractivity contribution in [3.05, 3.63) is 42.0 Å². The molecule has 0 atom stereocenters. The minimum Gasteiger partial charge on any atom is -0.325 e. The van der Waals surface area contributed by atoms with Crippen molar-refractivity contribution in [2.75, 3.05) is 0 Å². The second-order valence-electron chi connectivity index (χ2n) is 3.57. The van der Waals surface area contributed by atoms with Crippen molar-refractivity contribution in [2.45, 2.75) is 12.7 Å². The highest BCUT2D eigenvalue weighted by atomic mass is 19.4. The highest BCUT2D eigenvalue weighted by molar-refractivity contribution is 5.61. The molecule has 2 aromatic heterocycles. The summed E-state index contributed by atoms with van der Waals surface area (Å²) in [6.07, 6.45) is -1.83. The summed E-state index contributed by atoms with van der Waals surface area (Å²) in [6, 6.07) is 3.93. The van der Waals surface area contributed by atoms with E-state index in [1.54, 1.807) is 6.07 Å². The number of aromatic nitrogens is 3. The molecule has 0 spiro atoms.